The molecule has 0 bridgehead atoms. The van der Waals surface area contributed by atoms with Crippen LogP contribution in [0.3, 0.4) is 0 Å². The van der Waals surface area contributed by atoms with Crippen LogP contribution < -0.4 is 4.65 Å². The highest BCUT2D eigenvalue weighted by molar-refractivity contribution is 7.15. The molecule has 0 N–H and O–H groups in total. The van der Waals surface area contributed by atoms with Gasteiger partial charge in [0.1, 0.15) is 11.7 Å². The van der Waals surface area contributed by atoms with Crippen molar-refractivity contribution in [1.82, 2.24) is 19.7 Å². The first-order chi connectivity index (χ1) is 10.3. The number of ether oxygens (including phenoxy) is 2. The molecule has 1 fully saturated rings. The number of carbonyl (C=O) groups excluding carboxylic acids is 1. The lowest BCUT2D eigenvalue weighted by molar-refractivity contribution is -0.154. The predicted octanol–water partition coefficient (Wildman–Crippen LogP) is 1.24. The average Bonchev–Trinajstić information content (AvgIpc) is 3.01. The molecule has 0 aromatic carbocycles. The van der Waals surface area contributed by atoms with Crippen LogP contribution in [0.15, 0.2) is 0 Å². The number of likely N-dealkylation sites (N-methyl/N-ethyl adjacent to an activating group) is 1. The average molecular weight is 330 g/mol. The summed E-state index contributed by atoms with van der Waals surface area (Å²) < 4.78 is 9.74. The van der Waals surface area contributed by atoms with Crippen molar-refractivity contribution < 1.29 is 14.3 Å². The summed E-state index contributed by atoms with van der Waals surface area (Å²) in [5.41, 5.74) is 0. The molecule has 124 valence electrons. The zero-order chi connectivity index (χ0) is 16.3. The molecule has 8 nitrogen and oxygen atoms in total. The fourth-order valence-corrected chi connectivity index (χ4v) is 3.06. The Morgan fingerprint density at radius 3 is 2.91 bits per heavy atom. The van der Waals surface area contributed by atoms with Gasteiger partial charge in [-0.15, -0.1) is 5.10 Å². The van der Waals surface area contributed by atoms with Gasteiger partial charge in [-0.05, 0) is 38.7 Å². The van der Waals surface area contributed by atoms with Crippen LogP contribution in [0.25, 0.3) is 0 Å². The third-order valence-corrected chi connectivity index (χ3v) is 4.60. The standard InChI is InChI=1S/C13H22N4O4S/c1-9(20-4)5-6-12(18)21-11-7-16(3)8-17(11,19)13-15-14-10(2)22-13/h9,11H,5-8H2,1-4H3. The molecule has 1 saturated heterocycles. The largest absolute Gasteiger partial charge is 0.622 e. The maximum atomic E-state index is 13.1. The molecular weight excluding hydrogens is 308 g/mol. The van der Waals surface area contributed by atoms with E-state index in [-0.39, 0.29) is 25.2 Å². The summed E-state index contributed by atoms with van der Waals surface area (Å²) in [5, 5.41) is 22.0. The number of hydroxylamine groups is 2. The molecule has 2 rings (SSSR count). The molecule has 3 unspecified atom stereocenters. The molecule has 9 heteroatoms. The number of esters is 1. The second kappa shape index (κ2) is 6.97. The van der Waals surface area contributed by atoms with Crippen molar-refractivity contribution >= 4 is 22.4 Å². The Morgan fingerprint density at radius 1 is 1.59 bits per heavy atom. The van der Waals surface area contributed by atoms with E-state index in [1.54, 1.807) is 14.0 Å². The minimum atomic E-state index is -0.803. The van der Waals surface area contributed by atoms with Gasteiger partial charge in [0.15, 0.2) is 0 Å². The number of rotatable bonds is 6. The molecule has 2 heterocycles. The third kappa shape index (κ3) is 3.79. The first-order valence-corrected chi connectivity index (χ1v) is 7.97. The lowest BCUT2D eigenvalue weighted by atomic mass is 10.2. The van der Waals surface area contributed by atoms with Crippen molar-refractivity contribution in [2.45, 2.75) is 39.0 Å². The normalized spacial score (nSPS) is 27.0. The van der Waals surface area contributed by atoms with E-state index in [0.29, 0.717) is 18.1 Å². The van der Waals surface area contributed by atoms with Gasteiger partial charge in [0, 0.05) is 13.5 Å². The van der Waals surface area contributed by atoms with Crippen molar-refractivity contribution in [2.24, 2.45) is 0 Å². The number of aromatic nitrogens is 2. The van der Waals surface area contributed by atoms with Gasteiger partial charge in [0.05, 0.1) is 12.6 Å². The van der Waals surface area contributed by atoms with Crippen LogP contribution >= 0.6 is 11.3 Å². The summed E-state index contributed by atoms with van der Waals surface area (Å²) in [7, 11) is 3.42. The highest BCUT2D eigenvalue weighted by Crippen LogP contribution is 2.33. The van der Waals surface area contributed by atoms with Gasteiger partial charge >= 0.3 is 11.1 Å². The van der Waals surface area contributed by atoms with Crippen molar-refractivity contribution in [3.8, 4) is 0 Å². The van der Waals surface area contributed by atoms with Crippen LogP contribution in [0, 0.1) is 12.1 Å². The topological polar surface area (TPSA) is 87.6 Å². The second-order valence-corrected chi connectivity index (χ2v) is 6.77. The molecule has 0 aliphatic carbocycles. The minimum Gasteiger partial charge on any atom is -0.622 e. The van der Waals surface area contributed by atoms with Crippen LogP contribution in [0.1, 0.15) is 24.8 Å². The molecule has 0 amide bonds. The molecule has 22 heavy (non-hydrogen) atoms. The predicted molar refractivity (Wildman–Crippen MR) is 82.9 cm³/mol. The highest BCUT2D eigenvalue weighted by atomic mass is 32.1. The van der Waals surface area contributed by atoms with Crippen molar-refractivity contribution in [3.05, 3.63) is 10.2 Å². The Bertz CT molecular complexity index is 526. The van der Waals surface area contributed by atoms with Crippen molar-refractivity contribution in [1.29, 1.82) is 0 Å². The Hall–Kier alpha value is -1.13. The number of carbonyl (C=O) groups is 1. The zero-order valence-corrected chi connectivity index (χ0v) is 14.1. The molecule has 0 saturated carbocycles. The monoisotopic (exact) mass is 330 g/mol. The molecule has 1 aromatic heterocycles. The first-order valence-electron chi connectivity index (χ1n) is 7.15. The van der Waals surface area contributed by atoms with Crippen LogP contribution in [0.4, 0.5) is 5.13 Å². The van der Waals surface area contributed by atoms with E-state index in [4.69, 9.17) is 9.47 Å². The van der Waals surface area contributed by atoms with E-state index < -0.39 is 10.9 Å². The van der Waals surface area contributed by atoms with Crippen molar-refractivity contribution in [3.63, 3.8) is 0 Å². The molecule has 3 atom stereocenters. The zero-order valence-electron chi connectivity index (χ0n) is 13.3. The van der Waals surface area contributed by atoms with E-state index in [2.05, 4.69) is 10.2 Å². The second-order valence-electron chi connectivity index (χ2n) is 5.61. The summed E-state index contributed by atoms with van der Waals surface area (Å²) in [6, 6.07) is 0. The van der Waals surface area contributed by atoms with Gasteiger partial charge < -0.3 is 14.7 Å². The van der Waals surface area contributed by atoms with Crippen LogP contribution in [-0.4, -0.2) is 60.8 Å². The first kappa shape index (κ1) is 17.2. The summed E-state index contributed by atoms with van der Waals surface area (Å²) in [5.74, 6) is -0.385. The number of hydrogen-bond donors (Lipinski definition) is 0. The van der Waals surface area contributed by atoms with E-state index >= 15 is 0 Å². The Morgan fingerprint density at radius 2 is 2.32 bits per heavy atom. The Labute approximate surface area is 133 Å². The summed E-state index contributed by atoms with van der Waals surface area (Å²) in [6.07, 6.45) is -0.0298. The lowest BCUT2D eigenvalue weighted by Gasteiger charge is -2.38. The molecular formula is C13H22N4O4S. The summed E-state index contributed by atoms with van der Waals surface area (Å²) >= 11 is 1.24. The lowest BCUT2D eigenvalue weighted by Crippen LogP contribution is -2.50. The quantitative estimate of drug-likeness (QED) is 0.440. The smallest absolute Gasteiger partial charge is 0.310 e. The van der Waals surface area contributed by atoms with Crippen LogP contribution in [0.2, 0.25) is 0 Å². The summed E-state index contributed by atoms with van der Waals surface area (Å²) in [6.45, 7) is 4.25. The minimum absolute atomic E-state index is 0.0175. The molecule has 0 radical (unpaired) electrons. The SMILES string of the molecule is COC(C)CCC(=O)OC1CN(C)C[N+]1([O-])c1nnc(C)s1. The number of quaternary nitrogens is 1. The van der Waals surface area contributed by atoms with Gasteiger partial charge in [-0.25, -0.2) is 4.90 Å². The van der Waals surface area contributed by atoms with Gasteiger partial charge in [-0.2, -0.15) is 0 Å². The maximum Gasteiger partial charge on any atom is 0.310 e. The molecule has 1 aliphatic rings. The van der Waals surface area contributed by atoms with Gasteiger partial charge in [-0.3, -0.25) is 9.44 Å². The Kier molecular flexibility index (Phi) is 5.45. The van der Waals surface area contributed by atoms with Gasteiger partial charge in [0.25, 0.3) is 6.23 Å². The van der Waals surface area contributed by atoms with Crippen LogP contribution in [0.5, 0.6) is 0 Å². The molecule has 1 aliphatic heterocycles. The van der Waals surface area contributed by atoms with E-state index in [1.807, 2.05) is 18.9 Å². The number of hydrogen-bond acceptors (Lipinski definition) is 8. The van der Waals surface area contributed by atoms with Crippen LogP contribution in [-0.2, 0) is 14.3 Å². The van der Waals surface area contributed by atoms with E-state index in [1.165, 1.54) is 11.3 Å². The fourth-order valence-electron chi connectivity index (χ4n) is 2.30. The highest BCUT2D eigenvalue weighted by Gasteiger charge is 2.45. The molecule has 1 aromatic rings. The Balaban J connectivity index is 2.03. The van der Waals surface area contributed by atoms with Gasteiger partial charge in [-0.1, -0.05) is 5.10 Å². The number of nitrogens with zero attached hydrogens (tertiary/aromatic N) is 4. The third-order valence-electron chi connectivity index (χ3n) is 3.65. The number of methoxy groups -OCH3 is 1. The van der Waals surface area contributed by atoms with Crippen molar-refractivity contribution in [2.75, 3.05) is 27.4 Å². The van der Waals surface area contributed by atoms with E-state index in [0.717, 1.165) is 5.01 Å². The molecule has 0 spiro atoms. The van der Waals surface area contributed by atoms with Gasteiger partial charge in [0.2, 0.25) is 0 Å². The summed E-state index contributed by atoms with van der Waals surface area (Å²) in [4.78, 5) is 13.8. The number of aryl methyl sites for hydroxylation is 1. The van der Waals surface area contributed by atoms with E-state index in [9.17, 15) is 10.0 Å². The fraction of sp³-hybridized carbons (Fsp3) is 0.769. The maximum absolute atomic E-state index is 13.1.